The van der Waals surface area contributed by atoms with Crippen LogP contribution in [0.3, 0.4) is 0 Å². The summed E-state index contributed by atoms with van der Waals surface area (Å²) in [4.78, 5) is 26.4. The third-order valence-corrected chi connectivity index (χ3v) is 12.5. The summed E-state index contributed by atoms with van der Waals surface area (Å²) >= 11 is 0. The molecule has 5 atom stereocenters. The van der Waals surface area contributed by atoms with E-state index in [1.807, 2.05) is 41.5 Å². The van der Waals surface area contributed by atoms with Gasteiger partial charge in [0.2, 0.25) is 0 Å². The minimum atomic E-state index is -2.46. The number of hydrogen-bond acceptors (Lipinski definition) is 6. The molecule has 2 aliphatic rings. The molecule has 2 rings (SSSR count). The lowest BCUT2D eigenvalue weighted by Crippen LogP contribution is -2.67. The van der Waals surface area contributed by atoms with Crippen LogP contribution in [-0.4, -0.2) is 87.1 Å². The van der Waals surface area contributed by atoms with E-state index in [2.05, 4.69) is 39.2 Å². The summed E-state index contributed by atoms with van der Waals surface area (Å²) in [5, 5.41) is 26.4. The van der Waals surface area contributed by atoms with Crippen molar-refractivity contribution in [1.82, 2.24) is 10.2 Å². The molecule has 33 heavy (non-hydrogen) atoms. The molecular weight excluding hydrogens is 456 g/mol. The van der Waals surface area contributed by atoms with Gasteiger partial charge in [0.05, 0.1) is 12.6 Å². The Hall–Kier alpha value is -0.916. The number of urea groups is 1. The maximum absolute atomic E-state index is 12.9. The first-order valence-electron chi connectivity index (χ1n) is 11.6. The fourth-order valence-electron chi connectivity index (χ4n) is 4.02. The molecule has 0 aromatic heterocycles. The van der Waals surface area contributed by atoms with Crippen molar-refractivity contribution in [2.24, 2.45) is 10.8 Å². The van der Waals surface area contributed by atoms with Crippen LogP contribution in [-0.2, 0) is 14.0 Å². The molecule has 8 nitrogen and oxygen atoms in total. The second-order valence-electron chi connectivity index (χ2n) is 13.1. The third-order valence-electron chi connectivity index (χ3n) is 7.49. The first-order valence-corrected chi connectivity index (χ1v) is 15.2. The molecule has 0 aromatic carbocycles. The van der Waals surface area contributed by atoms with E-state index in [4.69, 9.17) is 9.16 Å². The molecule has 0 aliphatic carbocycles. The Morgan fingerprint density at radius 3 is 2.09 bits per heavy atom. The lowest BCUT2D eigenvalue weighted by atomic mass is 9.66. The molecule has 0 spiro atoms. The van der Waals surface area contributed by atoms with Gasteiger partial charge in [0.15, 0.2) is 14.5 Å². The number of aliphatic hydroxyl groups is 2. The predicted octanol–water partition coefficient (Wildman–Crippen LogP) is 1.64. The highest BCUT2D eigenvalue weighted by atomic mass is 28.4. The van der Waals surface area contributed by atoms with Crippen LogP contribution in [0.2, 0.25) is 18.1 Å². The first-order chi connectivity index (χ1) is 14.6. The molecule has 10 heteroatoms. The van der Waals surface area contributed by atoms with E-state index in [-0.39, 0.29) is 11.6 Å². The van der Waals surface area contributed by atoms with Crippen molar-refractivity contribution in [3.8, 4) is 0 Å². The summed E-state index contributed by atoms with van der Waals surface area (Å²) in [6.45, 7) is 21.9. The summed E-state index contributed by atoms with van der Waals surface area (Å²) in [7, 11) is -1.03. The smallest absolute Gasteiger partial charge is 0.326 e. The Kier molecular flexibility index (Phi) is 7.41. The molecule has 2 fully saturated rings. The number of carbonyl (C=O) groups is 2. The lowest BCUT2D eigenvalue weighted by Gasteiger charge is -2.50. The van der Waals surface area contributed by atoms with E-state index in [1.165, 1.54) is 14.8 Å². The molecule has 3 amide bonds. The Morgan fingerprint density at radius 2 is 1.67 bits per heavy atom. The number of aliphatic hydroxyl groups excluding tert-OH is 1. The van der Waals surface area contributed by atoms with Crippen molar-refractivity contribution in [2.45, 2.75) is 111 Å². The summed E-state index contributed by atoms with van der Waals surface area (Å²) in [5.41, 5.74) is -2.96. The standard InChI is InChI=1S/C23H44N2O6Si2/c1-20(2,3)14(26)15-23(29,21(4,5)6)16(31-33(10,11)22(7,8)9)18(30-15)25-12-13(32)17(27)24-19(25)28/h14-16,18,26,29H,12,32H2,1-11H3,(H,24,27,28)/t14?,15-,16+,18-,23-/m1/s1. The average Bonchev–Trinajstić information content (AvgIpc) is 2.89. The number of hydrogen-bond donors (Lipinski definition) is 3. The number of amides is 3. The predicted molar refractivity (Wildman–Crippen MR) is 134 cm³/mol. The zero-order chi connectivity index (χ0) is 25.9. The SMILES string of the molecule is CC(C)(C)C(O)[C@H]1O[C@@H](N2CC(=[SiH2])C(=O)NC2=O)[C@H](O[Si](C)(C)C(C)(C)C)[C@@]1(O)C(C)(C)C. The van der Waals surface area contributed by atoms with Crippen LogP contribution in [0.1, 0.15) is 62.3 Å². The third kappa shape index (κ3) is 5.06. The number of rotatable bonds is 4. The second-order valence-corrected chi connectivity index (χ2v) is 18.7. The number of ether oxygens (including phenoxy) is 1. The highest BCUT2D eigenvalue weighted by Crippen LogP contribution is 2.51. The molecule has 0 radical (unpaired) electrons. The fraction of sp³-hybridized carbons (Fsp3) is 0.870. The van der Waals surface area contributed by atoms with E-state index < -0.39 is 61.2 Å². The van der Waals surface area contributed by atoms with Crippen LogP contribution in [0.5, 0.6) is 0 Å². The molecule has 2 heterocycles. The van der Waals surface area contributed by atoms with E-state index in [0.29, 0.717) is 5.17 Å². The number of imide groups is 1. The first kappa shape index (κ1) is 28.3. The normalized spacial score (nSPS) is 31.1. The minimum Gasteiger partial charge on any atom is -0.406 e. The number of carbonyl (C=O) groups excluding carboxylic acids is 2. The van der Waals surface area contributed by atoms with Crippen LogP contribution < -0.4 is 5.32 Å². The summed E-state index contributed by atoms with van der Waals surface area (Å²) in [6.07, 6.45) is -3.93. The van der Waals surface area contributed by atoms with Gasteiger partial charge in [0, 0.05) is 5.17 Å². The van der Waals surface area contributed by atoms with Crippen molar-refractivity contribution in [3.05, 3.63) is 0 Å². The molecule has 0 aromatic rings. The molecule has 3 N–H and O–H groups in total. The van der Waals surface area contributed by atoms with E-state index in [1.54, 1.807) is 0 Å². The summed E-state index contributed by atoms with van der Waals surface area (Å²) < 4.78 is 13.2. The van der Waals surface area contributed by atoms with Crippen LogP contribution in [0.25, 0.3) is 0 Å². The maximum atomic E-state index is 12.9. The zero-order valence-electron chi connectivity index (χ0n) is 22.2. The molecule has 2 saturated heterocycles. The van der Waals surface area contributed by atoms with Crippen molar-refractivity contribution >= 4 is 35.3 Å². The van der Waals surface area contributed by atoms with E-state index in [0.717, 1.165) is 0 Å². The Morgan fingerprint density at radius 1 is 1.15 bits per heavy atom. The van der Waals surface area contributed by atoms with Crippen LogP contribution >= 0.6 is 0 Å². The Balaban J connectivity index is 2.69. The van der Waals surface area contributed by atoms with Crippen molar-refractivity contribution in [3.63, 3.8) is 0 Å². The highest BCUT2D eigenvalue weighted by molar-refractivity contribution is 6.74. The van der Waals surface area contributed by atoms with Gasteiger partial charge in [0.25, 0.3) is 5.91 Å². The fourth-order valence-corrected chi connectivity index (χ4v) is 5.63. The largest absolute Gasteiger partial charge is 0.406 e. The quantitative estimate of drug-likeness (QED) is 0.507. The van der Waals surface area contributed by atoms with Crippen molar-refractivity contribution in [2.75, 3.05) is 6.54 Å². The summed E-state index contributed by atoms with van der Waals surface area (Å²) in [5.74, 6) is -0.410. The molecule has 1 unspecified atom stereocenters. The minimum absolute atomic E-state index is 0.0731. The second kappa shape index (κ2) is 8.63. The van der Waals surface area contributed by atoms with E-state index in [9.17, 15) is 19.8 Å². The van der Waals surface area contributed by atoms with E-state index >= 15 is 0 Å². The van der Waals surface area contributed by atoms with Crippen molar-refractivity contribution < 1.29 is 29.0 Å². The molecular formula is C23H44N2O6Si2. The van der Waals surface area contributed by atoms with Gasteiger partial charge in [-0.2, -0.15) is 0 Å². The zero-order valence-corrected chi connectivity index (χ0v) is 24.6. The molecule has 190 valence electrons. The maximum Gasteiger partial charge on any atom is 0.326 e. The number of nitrogens with zero attached hydrogens (tertiary/aromatic N) is 1. The van der Waals surface area contributed by atoms with Gasteiger partial charge in [-0.05, 0) is 38.8 Å². The van der Waals surface area contributed by atoms with Gasteiger partial charge >= 0.3 is 6.03 Å². The summed E-state index contributed by atoms with van der Waals surface area (Å²) in [6, 6.07) is -0.591. The van der Waals surface area contributed by atoms with Crippen LogP contribution in [0.4, 0.5) is 4.79 Å². The highest BCUT2D eigenvalue weighted by Gasteiger charge is 2.67. The topological polar surface area (TPSA) is 108 Å². The van der Waals surface area contributed by atoms with Crippen LogP contribution in [0, 0.1) is 10.8 Å². The Labute approximate surface area is 202 Å². The van der Waals surface area contributed by atoms with Gasteiger partial charge in [0.1, 0.15) is 17.8 Å². The van der Waals surface area contributed by atoms with Gasteiger partial charge < -0.3 is 19.4 Å². The monoisotopic (exact) mass is 500 g/mol. The van der Waals surface area contributed by atoms with Gasteiger partial charge in [-0.15, -0.1) is 0 Å². The van der Waals surface area contributed by atoms with Gasteiger partial charge in [-0.25, -0.2) is 4.79 Å². The molecule has 2 aliphatic heterocycles. The Bertz CT molecular complexity index is 811. The lowest BCUT2D eigenvalue weighted by molar-refractivity contribution is -0.186. The average molecular weight is 501 g/mol. The van der Waals surface area contributed by atoms with Gasteiger partial charge in [-0.3, -0.25) is 15.0 Å². The van der Waals surface area contributed by atoms with Gasteiger partial charge in [-0.1, -0.05) is 62.3 Å². The number of nitrogens with one attached hydrogen (secondary N) is 1. The molecule has 0 bridgehead atoms. The van der Waals surface area contributed by atoms with Crippen LogP contribution in [0.15, 0.2) is 0 Å². The van der Waals surface area contributed by atoms with Crippen molar-refractivity contribution in [1.29, 1.82) is 0 Å². The molecule has 0 saturated carbocycles.